The second-order valence-corrected chi connectivity index (χ2v) is 5.21. The number of hydrogen-bond acceptors (Lipinski definition) is 3. The minimum absolute atomic E-state index is 0.446. The molecule has 0 heterocycles. The molecule has 0 bridgehead atoms. The number of fused-ring (bicyclic) bond motifs is 1. The number of rotatable bonds is 3. The van der Waals surface area contributed by atoms with Crippen molar-refractivity contribution in [2.45, 2.75) is 31.7 Å². The van der Waals surface area contributed by atoms with Gasteiger partial charge in [-0.1, -0.05) is 42.5 Å². The van der Waals surface area contributed by atoms with E-state index in [1.807, 2.05) is 48.5 Å². The second-order valence-electron chi connectivity index (χ2n) is 5.21. The zero-order valence-electron chi connectivity index (χ0n) is 11.2. The first kappa shape index (κ1) is 13.2. The molecule has 3 heteroatoms. The van der Waals surface area contributed by atoms with Crippen LogP contribution in [0, 0.1) is 0 Å². The molecule has 0 amide bonds. The molecule has 0 aliphatic heterocycles. The van der Waals surface area contributed by atoms with Gasteiger partial charge in [-0.25, -0.2) is 0 Å². The standard InChI is InChI=1S/C17H18O3/c18-15-9-13-7-4-8-17(14(13)10-16(15)19)20-11-12-5-2-1-3-6-12/h1-8,15-16,18-19H,9-11H2/t15-,16+/m1/s1. The van der Waals surface area contributed by atoms with Crippen molar-refractivity contribution in [1.82, 2.24) is 0 Å². The molecule has 2 aromatic rings. The van der Waals surface area contributed by atoms with Crippen LogP contribution >= 0.6 is 0 Å². The molecule has 0 spiro atoms. The summed E-state index contributed by atoms with van der Waals surface area (Å²) in [6.07, 6.45) is -0.448. The molecule has 0 unspecified atom stereocenters. The molecule has 1 aliphatic carbocycles. The summed E-state index contributed by atoms with van der Waals surface area (Å²) < 4.78 is 5.88. The van der Waals surface area contributed by atoms with Gasteiger partial charge >= 0.3 is 0 Å². The Balaban J connectivity index is 1.79. The van der Waals surface area contributed by atoms with Crippen molar-refractivity contribution in [1.29, 1.82) is 0 Å². The molecule has 3 nitrogen and oxygen atoms in total. The molecule has 1 aliphatic rings. The predicted molar refractivity (Wildman–Crippen MR) is 76.6 cm³/mol. The summed E-state index contributed by atoms with van der Waals surface area (Å²) in [5, 5.41) is 19.6. The Kier molecular flexibility index (Phi) is 3.72. The lowest BCUT2D eigenvalue weighted by molar-refractivity contribution is 0.0135. The van der Waals surface area contributed by atoms with Gasteiger partial charge in [0.05, 0.1) is 12.2 Å². The third-order valence-corrected chi connectivity index (χ3v) is 3.75. The van der Waals surface area contributed by atoms with Crippen molar-refractivity contribution < 1.29 is 14.9 Å². The van der Waals surface area contributed by atoms with E-state index in [1.165, 1.54) is 0 Å². The third kappa shape index (κ3) is 2.69. The number of hydrogen-bond donors (Lipinski definition) is 2. The zero-order valence-corrected chi connectivity index (χ0v) is 11.2. The van der Waals surface area contributed by atoms with Crippen LogP contribution in [0.15, 0.2) is 48.5 Å². The summed E-state index contributed by atoms with van der Waals surface area (Å²) in [6, 6.07) is 15.8. The Labute approximate surface area is 118 Å². The molecule has 0 saturated carbocycles. The Bertz CT molecular complexity index is 580. The van der Waals surface area contributed by atoms with Crippen LogP contribution in [0.2, 0.25) is 0 Å². The first-order chi connectivity index (χ1) is 9.74. The van der Waals surface area contributed by atoms with Gasteiger partial charge in [0.2, 0.25) is 0 Å². The highest BCUT2D eigenvalue weighted by molar-refractivity contribution is 5.43. The van der Waals surface area contributed by atoms with Gasteiger partial charge in [0.25, 0.3) is 0 Å². The zero-order chi connectivity index (χ0) is 13.9. The Hall–Kier alpha value is -1.84. The van der Waals surface area contributed by atoms with E-state index in [2.05, 4.69) is 0 Å². The first-order valence-corrected chi connectivity index (χ1v) is 6.87. The van der Waals surface area contributed by atoms with Crippen LogP contribution in [0.4, 0.5) is 0 Å². The minimum atomic E-state index is -0.705. The van der Waals surface area contributed by atoms with E-state index < -0.39 is 12.2 Å². The lowest BCUT2D eigenvalue weighted by Gasteiger charge is -2.27. The molecule has 2 N–H and O–H groups in total. The number of ether oxygens (including phenoxy) is 1. The van der Waals surface area contributed by atoms with Gasteiger partial charge in [-0.15, -0.1) is 0 Å². The Morgan fingerprint density at radius 3 is 2.45 bits per heavy atom. The molecule has 2 aromatic carbocycles. The predicted octanol–water partition coefficient (Wildman–Crippen LogP) is 2.09. The number of aliphatic hydroxyl groups excluding tert-OH is 2. The largest absolute Gasteiger partial charge is 0.489 e. The van der Waals surface area contributed by atoms with Gasteiger partial charge in [-0.3, -0.25) is 0 Å². The Morgan fingerprint density at radius 2 is 1.65 bits per heavy atom. The van der Waals surface area contributed by atoms with Crippen LogP contribution in [0.3, 0.4) is 0 Å². The topological polar surface area (TPSA) is 49.7 Å². The average Bonchev–Trinajstić information content (AvgIpc) is 2.47. The number of aliphatic hydroxyl groups is 2. The Morgan fingerprint density at radius 1 is 0.900 bits per heavy atom. The summed E-state index contributed by atoms with van der Waals surface area (Å²) in [5.74, 6) is 0.803. The monoisotopic (exact) mass is 270 g/mol. The van der Waals surface area contributed by atoms with E-state index in [0.29, 0.717) is 19.4 Å². The van der Waals surface area contributed by atoms with Crippen LogP contribution in [0.1, 0.15) is 16.7 Å². The highest BCUT2D eigenvalue weighted by Gasteiger charge is 2.27. The van der Waals surface area contributed by atoms with E-state index in [9.17, 15) is 10.2 Å². The SMILES string of the molecule is O[C@@H]1Cc2cccc(OCc3ccccc3)c2C[C@@H]1O. The van der Waals surface area contributed by atoms with Crippen molar-refractivity contribution in [3.8, 4) is 5.75 Å². The van der Waals surface area contributed by atoms with E-state index >= 15 is 0 Å². The van der Waals surface area contributed by atoms with Gasteiger partial charge < -0.3 is 14.9 Å². The molecule has 0 saturated heterocycles. The van der Waals surface area contributed by atoms with E-state index in [1.54, 1.807) is 0 Å². The maximum absolute atomic E-state index is 9.83. The van der Waals surface area contributed by atoms with Crippen molar-refractivity contribution in [3.63, 3.8) is 0 Å². The summed E-state index contributed by atoms with van der Waals surface area (Å²) in [4.78, 5) is 0. The summed E-state index contributed by atoms with van der Waals surface area (Å²) in [5.41, 5.74) is 3.19. The molecule has 0 fully saturated rings. The normalized spacial score (nSPS) is 21.3. The van der Waals surface area contributed by atoms with Crippen molar-refractivity contribution >= 4 is 0 Å². The van der Waals surface area contributed by atoms with Crippen LogP contribution in [-0.4, -0.2) is 22.4 Å². The third-order valence-electron chi connectivity index (χ3n) is 3.75. The summed E-state index contributed by atoms with van der Waals surface area (Å²) in [6.45, 7) is 0.510. The van der Waals surface area contributed by atoms with Crippen LogP contribution < -0.4 is 4.74 Å². The van der Waals surface area contributed by atoms with E-state index in [-0.39, 0.29) is 0 Å². The first-order valence-electron chi connectivity index (χ1n) is 6.87. The maximum Gasteiger partial charge on any atom is 0.123 e. The molecule has 0 radical (unpaired) electrons. The molecule has 2 atom stereocenters. The number of benzene rings is 2. The molecule has 20 heavy (non-hydrogen) atoms. The smallest absolute Gasteiger partial charge is 0.123 e. The van der Waals surface area contributed by atoms with Crippen LogP contribution in [-0.2, 0) is 19.4 Å². The second kappa shape index (κ2) is 5.65. The van der Waals surface area contributed by atoms with Crippen molar-refractivity contribution in [3.05, 3.63) is 65.2 Å². The summed E-state index contributed by atoms with van der Waals surface area (Å²) in [7, 11) is 0. The molecule has 0 aromatic heterocycles. The van der Waals surface area contributed by atoms with Crippen LogP contribution in [0.5, 0.6) is 5.75 Å². The molecular formula is C17H18O3. The van der Waals surface area contributed by atoms with Gasteiger partial charge in [-0.05, 0) is 17.2 Å². The van der Waals surface area contributed by atoms with Gasteiger partial charge in [0.1, 0.15) is 12.4 Å². The van der Waals surface area contributed by atoms with Gasteiger partial charge in [0.15, 0.2) is 0 Å². The average molecular weight is 270 g/mol. The fraction of sp³-hybridized carbons (Fsp3) is 0.294. The lowest BCUT2D eigenvalue weighted by Crippen LogP contribution is -2.34. The summed E-state index contributed by atoms with van der Waals surface area (Å²) >= 11 is 0. The van der Waals surface area contributed by atoms with E-state index in [4.69, 9.17) is 4.74 Å². The lowest BCUT2D eigenvalue weighted by atomic mass is 9.87. The van der Waals surface area contributed by atoms with E-state index in [0.717, 1.165) is 22.4 Å². The highest BCUT2D eigenvalue weighted by atomic mass is 16.5. The fourth-order valence-electron chi connectivity index (χ4n) is 2.61. The van der Waals surface area contributed by atoms with Crippen LogP contribution in [0.25, 0.3) is 0 Å². The molecule has 104 valence electrons. The molecular weight excluding hydrogens is 252 g/mol. The van der Waals surface area contributed by atoms with Gasteiger partial charge in [-0.2, -0.15) is 0 Å². The van der Waals surface area contributed by atoms with Crippen molar-refractivity contribution in [2.24, 2.45) is 0 Å². The van der Waals surface area contributed by atoms with Gasteiger partial charge in [0, 0.05) is 18.4 Å². The van der Waals surface area contributed by atoms with Crippen molar-refractivity contribution in [2.75, 3.05) is 0 Å². The minimum Gasteiger partial charge on any atom is -0.489 e. The maximum atomic E-state index is 9.83. The molecule has 3 rings (SSSR count). The fourth-order valence-corrected chi connectivity index (χ4v) is 2.61. The highest BCUT2D eigenvalue weighted by Crippen LogP contribution is 2.30. The quantitative estimate of drug-likeness (QED) is 0.898.